The molecular weight excluding hydrogens is 556 g/mol. The van der Waals surface area contributed by atoms with E-state index >= 15 is 0 Å². The molecule has 0 saturated carbocycles. The minimum Gasteiger partial charge on any atom is -0.462 e. The van der Waals surface area contributed by atoms with Crippen molar-refractivity contribution in [2.75, 3.05) is 19.8 Å². The summed E-state index contributed by atoms with van der Waals surface area (Å²) in [6.45, 7) is 5.10. The maximum Gasteiger partial charge on any atom is 0.306 e. The smallest absolute Gasteiger partial charge is 0.306 e. The third-order valence-electron chi connectivity index (χ3n) is 7.61. The number of ether oxygens (including phenoxy) is 3. The van der Waals surface area contributed by atoms with Crippen LogP contribution in [0.5, 0.6) is 0 Å². The number of hydrogen-bond donors (Lipinski definition) is 1. The summed E-state index contributed by atoms with van der Waals surface area (Å²) in [4.78, 5) is 35.9. The first-order valence-electron chi connectivity index (χ1n) is 17.9. The summed E-state index contributed by atoms with van der Waals surface area (Å²) in [5.74, 6) is -0.482. The normalized spacial score (nSPS) is 12.2. The summed E-state index contributed by atoms with van der Waals surface area (Å²) in [6, 6.07) is 0. The van der Waals surface area contributed by atoms with E-state index in [1.54, 1.807) is 0 Å². The quantitative estimate of drug-likeness (QED) is 0.0345. The molecule has 0 amide bonds. The molecule has 0 radical (unpaired) electrons. The van der Waals surface area contributed by atoms with Gasteiger partial charge < -0.3 is 19.3 Å². The molecule has 0 aromatic heterocycles. The average Bonchev–Trinajstić information content (AvgIpc) is 3.01. The Morgan fingerprint density at radius 3 is 1.50 bits per heavy atom. The van der Waals surface area contributed by atoms with Crippen LogP contribution in [0.1, 0.15) is 168 Å². The van der Waals surface area contributed by atoms with Crippen LogP contribution < -0.4 is 0 Å². The van der Waals surface area contributed by atoms with Crippen LogP contribution in [0, 0.1) is 0 Å². The maximum absolute atomic E-state index is 12.2. The molecule has 0 aliphatic rings. The Morgan fingerprint density at radius 2 is 0.977 bits per heavy atom. The zero-order valence-corrected chi connectivity index (χ0v) is 28.4. The van der Waals surface area contributed by atoms with Crippen molar-refractivity contribution in [2.45, 2.75) is 174 Å². The highest BCUT2D eigenvalue weighted by Gasteiger charge is 2.14. The number of hydrogen-bond acceptors (Lipinski definition) is 7. The lowest BCUT2D eigenvalue weighted by Gasteiger charge is -2.18. The molecule has 1 atom stereocenters. The number of aliphatic hydroxyl groups excluding tert-OH is 1. The van der Waals surface area contributed by atoms with Gasteiger partial charge in [-0.25, -0.2) is 0 Å². The molecule has 0 bridgehead atoms. The molecule has 0 heterocycles. The van der Waals surface area contributed by atoms with Crippen molar-refractivity contribution >= 4 is 17.9 Å². The molecule has 44 heavy (non-hydrogen) atoms. The van der Waals surface area contributed by atoms with E-state index in [4.69, 9.17) is 19.3 Å². The van der Waals surface area contributed by atoms with Crippen LogP contribution >= 0.6 is 0 Å². The van der Waals surface area contributed by atoms with E-state index in [2.05, 4.69) is 26.0 Å². The highest BCUT2D eigenvalue weighted by molar-refractivity contribution is 5.70. The number of esters is 3. The van der Waals surface area contributed by atoms with Crippen LogP contribution in [0.25, 0.3) is 0 Å². The van der Waals surface area contributed by atoms with Crippen LogP contribution in [-0.4, -0.2) is 48.9 Å². The van der Waals surface area contributed by atoms with Crippen LogP contribution in [-0.2, 0) is 28.6 Å². The second kappa shape index (κ2) is 33.7. The van der Waals surface area contributed by atoms with Crippen molar-refractivity contribution in [3.8, 4) is 0 Å². The van der Waals surface area contributed by atoms with Gasteiger partial charge >= 0.3 is 17.9 Å². The Hall–Kier alpha value is -2.15. The predicted octanol–water partition coefficient (Wildman–Crippen LogP) is 9.49. The fourth-order valence-electron chi connectivity index (χ4n) is 4.88. The van der Waals surface area contributed by atoms with Crippen LogP contribution in [0.2, 0.25) is 0 Å². The molecule has 0 aromatic rings. The van der Waals surface area contributed by atoms with Crippen LogP contribution in [0.3, 0.4) is 0 Å². The highest BCUT2D eigenvalue weighted by atomic mass is 16.5. The fraction of sp³-hybridized carbons (Fsp3) is 0.811. The number of aliphatic hydroxyl groups is 1. The molecule has 0 rings (SSSR count). The summed E-state index contributed by atoms with van der Waals surface area (Å²) in [7, 11) is 0. The SMILES string of the molecule is CCCC/C=C/COC(=O)CCCCCCCC(CCCCCCCC(=O)OC/C=C/CCCCCC)OC(=O)CCCO. The Kier molecular flexibility index (Phi) is 32.1. The standard InChI is InChI=1S/C37H66O7/c1-3-5-7-9-10-18-24-33-43-36(40)29-22-16-12-14-20-27-34(44-37(41)30-25-31-38)26-19-13-11-15-21-28-35(39)42-32-23-17-8-6-4-2/h17-18,23-24,34,38H,3-16,19-22,25-33H2,1-2H3/b23-17+,24-18+. The van der Waals surface area contributed by atoms with E-state index in [9.17, 15) is 14.4 Å². The van der Waals surface area contributed by atoms with E-state index in [0.717, 1.165) is 96.3 Å². The predicted molar refractivity (Wildman–Crippen MR) is 179 cm³/mol. The second-order valence-corrected chi connectivity index (χ2v) is 11.9. The van der Waals surface area contributed by atoms with Crippen molar-refractivity contribution in [3.63, 3.8) is 0 Å². The topological polar surface area (TPSA) is 99.1 Å². The number of unbranched alkanes of at least 4 members (excludes halogenated alkanes) is 14. The molecule has 0 spiro atoms. The second-order valence-electron chi connectivity index (χ2n) is 11.9. The average molecular weight is 623 g/mol. The van der Waals surface area contributed by atoms with Crippen LogP contribution in [0.15, 0.2) is 24.3 Å². The van der Waals surface area contributed by atoms with Crippen LogP contribution in [0.4, 0.5) is 0 Å². The van der Waals surface area contributed by atoms with Gasteiger partial charge in [0, 0.05) is 25.9 Å². The molecule has 0 aliphatic heterocycles. The van der Waals surface area contributed by atoms with Gasteiger partial charge in [-0.15, -0.1) is 0 Å². The van der Waals surface area contributed by atoms with E-state index in [-0.39, 0.29) is 37.0 Å². The highest BCUT2D eigenvalue weighted by Crippen LogP contribution is 2.18. The molecule has 1 unspecified atom stereocenters. The Labute approximate surface area is 269 Å². The van der Waals surface area contributed by atoms with Gasteiger partial charge in [0.05, 0.1) is 0 Å². The zero-order valence-electron chi connectivity index (χ0n) is 28.4. The van der Waals surface area contributed by atoms with Gasteiger partial charge in [-0.1, -0.05) is 109 Å². The third-order valence-corrected chi connectivity index (χ3v) is 7.61. The number of carbonyl (C=O) groups is 3. The van der Waals surface area contributed by atoms with Gasteiger partial charge in [0.25, 0.3) is 0 Å². The van der Waals surface area contributed by atoms with Crippen molar-refractivity contribution in [1.82, 2.24) is 0 Å². The minimum atomic E-state index is -0.229. The van der Waals surface area contributed by atoms with Crippen molar-refractivity contribution < 1.29 is 33.7 Å². The van der Waals surface area contributed by atoms with E-state index in [1.165, 1.54) is 32.1 Å². The molecular formula is C37H66O7. The first-order valence-corrected chi connectivity index (χ1v) is 17.9. The lowest BCUT2D eigenvalue weighted by molar-refractivity contribution is -0.150. The molecule has 256 valence electrons. The summed E-state index contributed by atoms with van der Waals surface area (Å²) < 4.78 is 16.3. The molecule has 0 aliphatic carbocycles. The molecule has 0 fully saturated rings. The maximum atomic E-state index is 12.2. The summed E-state index contributed by atoms with van der Waals surface area (Å²) >= 11 is 0. The fourth-order valence-corrected chi connectivity index (χ4v) is 4.88. The Bertz CT molecular complexity index is 731. The third kappa shape index (κ3) is 31.3. The van der Waals surface area contributed by atoms with Gasteiger partial charge in [0.1, 0.15) is 19.3 Å². The van der Waals surface area contributed by atoms with Gasteiger partial charge in [-0.2, -0.15) is 0 Å². The zero-order chi connectivity index (χ0) is 32.4. The van der Waals surface area contributed by atoms with E-state index in [0.29, 0.717) is 32.5 Å². The molecule has 1 N–H and O–H groups in total. The van der Waals surface area contributed by atoms with Gasteiger partial charge in [-0.05, 0) is 64.2 Å². The Balaban J connectivity index is 3.99. The molecule has 0 aromatic carbocycles. The first-order chi connectivity index (χ1) is 21.5. The largest absolute Gasteiger partial charge is 0.462 e. The summed E-state index contributed by atoms with van der Waals surface area (Å²) in [6.07, 6.45) is 30.5. The number of rotatable bonds is 32. The van der Waals surface area contributed by atoms with Gasteiger partial charge in [0.15, 0.2) is 0 Å². The Morgan fingerprint density at radius 1 is 0.523 bits per heavy atom. The van der Waals surface area contributed by atoms with Crippen molar-refractivity contribution in [3.05, 3.63) is 24.3 Å². The minimum absolute atomic E-state index is 0.00760. The number of carbonyl (C=O) groups excluding carboxylic acids is 3. The molecule has 7 heteroatoms. The van der Waals surface area contributed by atoms with E-state index in [1.807, 2.05) is 12.2 Å². The van der Waals surface area contributed by atoms with Gasteiger partial charge in [-0.3, -0.25) is 14.4 Å². The van der Waals surface area contributed by atoms with Gasteiger partial charge in [0.2, 0.25) is 0 Å². The molecule has 7 nitrogen and oxygen atoms in total. The lowest BCUT2D eigenvalue weighted by Crippen LogP contribution is -2.18. The summed E-state index contributed by atoms with van der Waals surface area (Å²) in [5, 5.41) is 9.01. The number of allylic oxidation sites excluding steroid dienone is 2. The molecule has 0 saturated heterocycles. The monoisotopic (exact) mass is 622 g/mol. The van der Waals surface area contributed by atoms with E-state index < -0.39 is 0 Å². The summed E-state index contributed by atoms with van der Waals surface area (Å²) in [5.41, 5.74) is 0. The first kappa shape index (κ1) is 41.9. The lowest BCUT2D eigenvalue weighted by atomic mass is 10.0. The van der Waals surface area contributed by atoms with Crippen molar-refractivity contribution in [1.29, 1.82) is 0 Å². The van der Waals surface area contributed by atoms with Crippen molar-refractivity contribution in [2.24, 2.45) is 0 Å².